The molecule has 1 N–H and O–H groups in total. The minimum Gasteiger partial charge on any atom is -0.806 e. The number of thioether (sulfide) groups is 1. The summed E-state index contributed by atoms with van der Waals surface area (Å²) in [6, 6.07) is 6.29. The number of carboxylic acid groups (broad SMARTS) is 1. The summed E-state index contributed by atoms with van der Waals surface area (Å²) in [4.78, 5) is 72.0. The standard InChI is InChI=1S/C18H19N2O9PS.3Na/c1-9(21)29-7-11-8-31-17-13(15(23)20(17)16(11)30(26,27)28)19-14(22)12(18(24)25)10-5-3-2-4-6-10;;;/h2-6,12-13,17H,7-8H2,1H3,(H,19,22)(H,24,25)(H2,26,27,28);;;/q;3*+1/p-3/t12?,13-,17-;;;/m1.../s1. The average molecular weight is 536 g/mol. The van der Waals surface area contributed by atoms with E-state index in [1.165, 1.54) is 24.3 Å². The van der Waals surface area contributed by atoms with Gasteiger partial charge in [-0.2, -0.15) is 0 Å². The van der Waals surface area contributed by atoms with E-state index in [-0.39, 0.29) is 106 Å². The largest absolute Gasteiger partial charge is 1.00 e. The normalized spacial score (nSPS) is 19.7. The number of carbonyl (C=O) groups is 4. The maximum absolute atomic E-state index is 12.6. The molecule has 1 fully saturated rings. The summed E-state index contributed by atoms with van der Waals surface area (Å²) in [6.07, 6.45) is 0. The molecule has 0 saturated carbocycles. The van der Waals surface area contributed by atoms with Crippen molar-refractivity contribution in [3.8, 4) is 0 Å². The molecule has 2 amide bonds. The van der Waals surface area contributed by atoms with Gasteiger partial charge in [0.25, 0.3) is 5.91 Å². The SMILES string of the molecule is CC(=O)OCC1=C(P(=O)([O-])[O-])N2C(=O)[C@@H](NC(=O)C(C(=O)[O-])c3ccccc3)[C@H]2SC1.[Na+].[Na+].[Na+]. The molecule has 2 heterocycles. The van der Waals surface area contributed by atoms with Crippen molar-refractivity contribution in [2.24, 2.45) is 0 Å². The monoisotopic (exact) mass is 536 g/mol. The van der Waals surface area contributed by atoms with Gasteiger partial charge in [-0.1, -0.05) is 30.3 Å². The van der Waals surface area contributed by atoms with E-state index in [9.17, 15) is 38.6 Å². The average Bonchev–Trinajstić information content (AvgIpc) is 2.69. The van der Waals surface area contributed by atoms with Gasteiger partial charge in [0.05, 0.1) is 11.4 Å². The van der Waals surface area contributed by atoms with Crippen molar-refractivity contribution in [1.29, 1.82) is 0 Å². The Kier molecular flexibility index (Phi) is 14.5. The van der Waals surface area contributed by atoms with E-state index >= 15 is 0 Å². The number of fused-ring (bicyclic) bond motifs is 1. The Morgan fingerprint density at radius 2 is 1.79 bits per heavy atom. The number of carboxylic acids is 1. The van der Waals surface area contributed by atoms with Gasteiger partial charge in [0.1, 0.15) is 23.9 Å². The number of esters is 1. The van der Waals surface area contributed by atoms with Crippen molar-refractivity contribution < 1.29 is 132 Å². The van der Waals surface area contributed by atoms with Gasteiger partial charge in [-0.25, -0.2) is 0 Å². The molecule has 1 aromatic rings. The zero-order valence-corrected chi connectivity index (χ0v) is 26.7. The van der Waals surface area contributed by atoms with Crippen molar-refractivity contribution in [3.05, 3.63) is 46.9 Å². The summed E-state index contributed by atoms with van der Waals surface area (Å²) in [5.41, 5.74) is -0.680. The first-order valence-corrected chi connectivity index (χ1v) is 11.5. The Morgan fingerprint density at radius 1 is 1.21 bits per heavy atom. The smallest absolute Gasteiger partial charge is 0.806 e. The number of ether oxygens (including phenoxy) is 1. The number of hydrogen-bond acceptors (Lipinski definition) is 10. The molecule has 0 aromatic heterocycles. The van der Waals surface area contributed by atoms with Crippen LogP contribution in [0.1, 0.15) is 18.4 Å². The number of hydrogen-bond donors (Lipinski definition) is 1. The van der Waals surface area contributed by atoms with Gasteiger partial charge in [-0.15, -0.1) is 11.8 Å². The molecular formula is C18H16N2Na3O9PS. The molecule has 2 aliphatic rings. The molecule has 0 bridgehead atoms. The molecule has 1 unspecified atom stereocenters. The second kappa shape index (κ2) is 14.3. The Morgan fingerprint density at radius 3 is 2.29 bits per heavy atom. The number of rotatable bonds is 7. The van der Waals surface area contributed by atoms with Crippen LogP contribution in [0.5, 0.6) is 0 Å². The van der Waals surface area contributed by atoms with Crippen LogP contribution < -0.4 is 109 Å². The molecule has 2 aliphatic heterocycles. The van der Waals surface area contributed by atoms with Crippen LogP contribution in [0.25, 0.3) is 0 Å². The molecule has 166 valence electrons. The van der Waals surface area contributed by atoms with Crippen LogP contribution in [0.3, 0.4) is 0 Å². The van der Waals surface area contributed by atoms with Gasteiger partial charge in [-0.05, 0) is 13.2 Å². The van der Waals surface area contributed by atoms with E-state index in [4.69, 9.17) is 4.74 Å². The van der Waals surface area contributed by atoms with E-state index in [2.05, 4.69) is 5.32 Å². The number of carbonyl (C=O) groups excluding carboxylic acids is 4. The summed E-state index contributed by atoms with van der Waals surface area (Å²) < 4.78 is 16.5. The van der Waals surface area contributed by atoms with Gasteiger partial charge in [0.15, 0.2) is 0 Å². The molecule has 0 radical (unpaired) electrons. The van der Waals surface area contributed by atoms with Crippen LogP contribution in [-0.4, -0.2) is 52.4 Å². The summed E-state index contributed by atoms with van der Waals surface area (Å²) >= 11 is 1.04. The maximum atomic E-state index is 12.6. The number of aliphatic carboxylic acids is 1. The predicted molar refractivity (Wildman–Crippen MR) is 100 cm³/mol. The molecule has 16 heteroatoms. The third-order valence-corrected chi connectivity index (χ3v) is 7.04. The summed E-state index contributed by atoms with van der Waals surface area (Å²) in [5, 5.41) is 12.9. The van der Waals surface area contributed by atoms with Crippen molar-refractivity contribution >= 4 is 43.1 Å². The van der Waals surface area contributed by atoms with Crippen LogP contribution in [0, 0.1) is 0 Å². The molecule has 0 aliphatic carbocycles. The van der Waals surface area contributed by atoms with Gasteiger partial charge in [0, 0.05) is 18.2 Å². The minimum atomic E-state index is -5.42. The van der Waals surface area contributed by atoms with Gasteiger partial charge >= 0.3 is 94.6 Å². The topological polar surface area (TPSA) is 179 Å². The van der Waals surface area contributed by atoms with Crippen LogP contribution in [0.15, 0.2) is 41.3 Å². The zero-order chi connectivity index (χ0) is 22.9. The van der Waals surface area contributed by atoms with Crippen LogP contribution in [-0.2, 0) is 28.5 Å². The van der Waals surface area contributed by atoms with Crippen molar-refractivity contribution in [3.63, 3.8) is 0 Å². The fraction of sp³-hybridized carbons (Fsp3) is 0.333. The third kappa shape index (κ3) is 7.67. The quantitative estimate of drug-likeness (QED) is 0.116. The molecule has 0 spiro atoms. The van der Waals surface area contributed by atoms with Crippen LogP contribution in [0.4, 0.5) is 0 Å². The number of benzene rings is 1. The van der Waals surface area contributed by atoms with Gasteiger partial charge in [0.2, 0.25) is 5.91 Å². The second-order valence-electron chi connectivity index (χ2n) is 6.76. The first-order chi connectivity index (χ1) is 14.5. The molecule has 1 aromatic carbocycles. The van der Waals surface area contributed by atoms with E-state index < -0.39 is 60.7 Å². The number of amides is 2. The number of β-lactam (4-membered cyclic amide) rings is 1. The van der Waals surface area contributed by atoms with E-state index in [1.807, 2.05) is 0 Å². The van der Waals surface area contributed by atoms with E-state index in [0.29, 0.717) is 0 Å². The molecular weight excluding hydrogens is 520 g/mol. The Balaban J connectivity index is 0.00000363. The molecule has 3 atom stereocenters. The summed E-state index contributed by atoms with van der Waals surface area (Å²) in [7, 11) is -5.42. The van der Waals surface area contributed by atoms with Crippen LogP contribution >= 0.6 is 19.4 Å². The first kappa shape index (κ1) is 34.3. The van der Waals surface area contributed by atoms with Gasteiger partial charge in [-0.3, -0.25) is 19.3 Å². The van der Waals surface area contributed by atoms with E-state index in [0.717, 1.165) is 23.6 Å². The van der Waals surface area contributed by atoms with Gasteiger partial charge < -0.3 is 34.3 Å². The zero-order valence-electron chi connectivity index (χ0n) is 19.0. The Bertz CT molecular complexity index is 1020. The minimum absolute atomic E-state index is 0. The summed E-state index contributed by atoms with van der Waals surface area (Å²) in [5.74, 6) is -5.99. The summed E-state index contributed by atoms with van der Waals surface area (Å²) in [6.45, 7) is 0.633. The van der Waals surface area contributed by atoms with E-state index in [1.54, 1.807) is 6.07 Å². The first-order valence-electron chi connectivity index (χ1n) is 8.91. The Labute approximate surface area is 265 Å². The number of nitrogens with one attached hydrogen (secondary N) is 1. The predicted octanol–water partition coefficient (Wildman–Crippen LogP) is -11.4. The van der Waals surface area contributed by atoms with Crippen molar-refractivity contribution in [1.82, 2.24) is 10.2 Å². The second-order valence-corrected chi connectivity index (χ2v) is 9.29. The van der Waals surface area contributed by atoms with Crippen LogP contribution in [0.2, 0.25) is 0 Å². The third-order valence-electron chi connectivity index (χ3n) is 4.65. The van der Waals surface area contributed by atoms with Crippen molar-refractivity contribution in [2.45, 2.75) is 24.3 Å². The maximum Gasteiger partial charge on any atom is 1.00 e. The molecule has 1 saturated heterocycles. The fourth-order valence-electron chi connectivity index (χ4n) is 3.31. The van der Waals surface area contributed by atoms with Crippen molar-refractivity contribution in [2.75, 3.05) is 12.4 Å². The molecule has 34 heavy (non-hydrogen) atoms. The molecule has 11 nitrogen and oxygen atoms in total. The Hall–Kier alpha value is 0.340. The molecule has 3 rings (SSSR count). The fourth-order valence-corrected chi connectivity index (χ4v) is 5.84. The number of nitrogens with zero attached hydrogens (tertiary/aromatic N) is 1.